The van der Waals surface area contributed by atoms with Gasteiger partial charge in [-0.3, -0.25) is 14.9 Å². The van der Waals surface area contributed by atoms with Gasteiger partial charge in [0.1, 0.15) is 5.75 Å². The normalized spacial score (nSPS) is 14.5. The van der Waals surface area contributed by atoms with Crippen LogP contribution in [0.1, 0.15) is 11.1 Å². The van der Waals surface area contributed by atoms with Gasteiger partial charge in [0.05, 0.1) is 20.8 Å². The molecule has 2 amide bonds. The lowest BCUT2D eigenvalue weighted by Crippen LogP contribution is -2.50. The minimum atomic E-state index is -0.393. The van der Waals surface area contributed by atoms with E-state index in [1.807, 2.05) is 31.3 Å². The Labute approximate surface area is 200 Å². The van der Waals surface area contributed by atoms with Crippen LogP contribution in [-0.4, -0.2) is 52.0 Å². The summed E-state index contributed by atoms with van der Waals surface area (Å²) in [6, 6.07) is 12.3. The second kappa shape index (κ2) is 9.36. The minimum absolute atomic E-state index is 0.187. The number of urea groups is 1. The number of nitrogens with two attached hydrogens (primary N) is 1. The predicted molar refractivity (Wildman–Crippen MR) is 130 cm³/mol. The molecular formula is C25H24FN5O2S. The highest BCUT2D eigenvalue weighted by Crippen LogP contribution is 2.39. The van der Waals surface area contributed by atoms with Crippen LogP contribution in [0.4, 0.5) is 9.18 Å². The molecular weight excluding hydrogens is 453 g/mol. The zero-order chi connectivity index (χ0) is 23.7. The number of amides is 2. The number of carbonyl (C=O) groups excluding carboxylic acids is 1. The molecule has 1 fully saturated rings. The van der Waals surface area contributed by atoms with Crippen LogP contribution in [0.25, 0.3) is 20.8 Å². The quantitative estimate of drug-likeness (QED) is 0.447. The van der Waals surface area contributed by atoms with Gasteiger partial charge in [-0.15, -0.1) is 11.3 Å². The molecule has 1 aliphatic rings. The van der Waals surface area contributed by atoms with E-state index in [0.717, 1.165) is 51.5 Å². The first-order valence-electron chi connectivity index (χ1n) is 11.0. The lowest BCUT2D eigenvalue weighted by molar-refractivity contribution is 0.140. The van der Waals surface area contributed by atoms with Crippen LogP contribution in [0, 0.1) is 12.7 Å². The first kappa shape index (κ1) is 22.2. The molecule has 1 aromatic carbocycles. The monoisotopic (exact) mass is 477 g/mol. The topological polar surface area (TPSA) is 84.6 Å². The predicted octanol–water partition coefficient (Wildman–Crippen LogP) is 4.79. The number of halogens is 1. The summed E-state index contributed by atoms with van der Waals surface area (Å²) in [5.41, 5.74) is 8.93. The maximum atomic E-state index is 14.3. The first-order valence-corrected chi connectivity index (χ1v) is 11.8. The number of fused-ring (bicyclic) bond motifs is 1. The van der Waals surface area contributed by atoms with Crippen molar-refractivity contribution < 1.29 is 13.9 Å². The summed E-state index contributed by atoms with van der Waals surface area (Å²) in [6.45, 7) is 5.48. The minimum Gasteiger partial charge on any atom is -0.453 e. The number of pyridine rings is 2. The Morgan fingerprint density at radius 2 is 1.91 bits per heavy atom. The molecule has 4 aromatic rings. The van der Waals surface area contributed by atoms with Crippen molar-refractivity contribution in [2.45, 2.75) is 13.5 Å². The number of hydrogen-bond acceptors (Lipinski definition) is 6. The maximum absolute atomic E-state index is 14.3. The average molecular weight is 478 g/mol. The van der Waals surface area contributed by atoms with Crippen LogP contribution < -0.4 is 10.5 Å². The number of carbonyl (C=O) groups is 1. The fraction of sp³-hybridized carbons (Fsp3) is 0.240. The van der Waals surface area contributed by atoms with E-state index in [2.05, 4.69) is 20.9 Å². The van der Waals surface area contributed by atoms with Gasteiger partial charge in [0, 0.05) is 51.2 Å². The van der Waals surface area contributed by atoms with E-state index in [0.29, 0.717) is 18.8 Å². The van der Waals surface area contributed by atoms with Crippen LogP contribution in [0.15, 0.2) is 54.9 Å². The highest BCUT2D eigenvalue weighted by Gasteiger charge is 2.19. The van der Waals surface area contributed by atoms with E-state index in [1.54, 1.807) is 23.2 Å². The van der Waals surface area contributed by atoms with Crippen molar-refractivity contribution >= 4 is 27.6 Å². The molecule has 2 N–H and O–H groups in total. The maximum Gasteiger partial charge on any atom is 0.314 e. The molecule has 0 aliphatic carbocycles. The summed E-state index contributed by atoms with van der Waals surface area (Å²) in [5, 5.41) is 0. The molecule has 34 heavy (non-hydrogen) atoms. The van der Waals surface area contributed by atoms with Crippen LogP contribution >= 0.6 is 11.3 Å². The summed E-state index contributed by atoms with van der Waals surface area (Å²) in [5.74, 6) is 0.359. The van der Waals surface area contributed by atoms with Gasteiger partial charge >= 0.3 is 6.03 Å². The SMILES string of the molecule is Cc1ccc(Oc2ccnc3cc(-c4ccc(CN5CCN(C(N)=O)CC5)cn4)sc23)c(F)c1. The second-order valence-corrected chi connectivity index (χ2v) is 9.38. The van der Waals surface area contributed by atoms with E-state index in [9.17, 15) is 9.18 Å². The molecule has 0 radical (unpaired) electrons. The highest BCUT2D eigenvalue weighted by atomic mass is 32.1. The Morgan fingerprint density at radius 3 is 2.62 bits per heavy atom. The van der Waals surface area contributed by atoms with Gasteiger partial charge in [-0.05, 0) is 42.3 Å². The molecule has 4 heterocycles. The molecule has 0 spiro atoms. The Morgan fingerprint density at radius 1 is 1.09 bits per heavy atom. The van der Waals surface area contributed by atoms with Gasteiger partial charge < -0.3 is 15.4 Å². The van der Waals surface area contributed by atoms with E-state index in [-0.39, 0.29) is 11.8 Å². The number of nitrogens with zero attached hydrogens (tertiary/aromatic N) is 4. The summed E-state index contributed by atoms with van der Waals surface area (Å²) in [7, 11) is 0. The van der Waals surface area contributed by atoms with Crippen molar-refractivity contribution in [3.63, 3.8) is 0 Å². The third-order valence-corrected chi connectivity index (χ3v) is 7.01. The van der Waals surface area contributed by atoms with Crippen molar-refractivity contribution in [1.29, 1.82) is 0 Å². The third-order valence-electron chi connectivity index (χ3n) is 5.85. The van der Waals surface area contributed by atoms with Crippen molar-refractivity contribution in [2.75, 3.05) is 26.2 Å². The van der Waals surface area contributed by atoms with E-state index >= 15 is 0 Å². The molecule has 0 saturated carbocycles. The van der Waals surface area contributed by atoms with Gasteiger partial charge in [-0.1, -0.05) is 12.1 Å². The number of thiophene rings is 1. The van der Waals surface area contributed by atoms with Crippen LogP contribution in [0.3, 0.4) is 0 Å². The van der Waals surface area contributed by atoms with Gasteiger partial charge in [-0.2, -0.15) is 0 Å². The zero-order valence-electron chi connectivity index (χ0n) is 18.7. The molecule has 0 unspecified atom stereocenters. The molecule has 1 saturated heterocycles. The van der Waals surface area contributed by atoms with Crippen molar-refractivity contribution in [3.05, 3.63) is 71.8 Å². The van der Waals surface area contributed by atoms with Crippen molar-refractivity contribution in [2.24, 2.45) is 5.73 Å². The Balaban J connectivity index is 1.32. The van der Waals surface area contributed by atoms with E-state index in [1.165, 1.54) is 17.4 Å². The summed E-state index contributed by atoms with van der Waals surface area (Å²) in [6.07, 6.45) is 3.54. The average Bonchev–Trinajstić information content (AvgIpc) is 3.27. The lowest BCUT2D eigenvalue weighted by atomic mass is 10.2. The van der Waals surface area contributed by atoms with E-state index in [4.69, 9.17) is 10.5 Å². The molecule has 0 bridgehead atoms. The van der Waals surface area contributed by atoms with E-state index < -0.39 is 5.82 Å². The van der Waals surface area contributed by atoms with Gasteiger partial charge in [0.15, 0.2) is 11.6 Å². The Kier molecular flexibility index (Phi) is 6.12. The highest BCUT2D eigenvalue weighted by molar-refractivity contribution is 7.22. The number of hydrogen-bond donors (Lipinski definition) is 1. The molecule has 3 aromatic heterocycles. The fourth-order valence-electron chi connectivity index (χ4n) is 3.98. The van der Waals surface area contributed by atoms with Gasteiger partial charge in [0.25, 0.3) is 0 Å². The molecule has 5 rings (SSSR count). The summed E-state index contributed by atoms with van der Waals surface area (Å²) >= 11 is 1.52. The molecule has 7 nitrogen and oxygen atoms in total. The number of aromatic nitrogens is 2. The number of ether oxygens (including phenoxy) is 1. The molecule has 1 aliphatic heterocycles. The summed E-state index contributed by atoms with van der Waals surface area (Å²) < 4.78 is 21.0. The molecule has 9 heteroatoms. The standard InChI is InChI=1S/C25H24FN5O2S/c1-16-2-5-21(18(26)12-16)33-22-6-7-28-20-13-23(34-24(20)22)19-4-3-17(14-29-19)15-30-8-10-31(11-9-30)25(27)32/h2-7,12-14H,8-11,15H2,1H3,(H2,27,32). The first-order chi connectivity index (χ1) is 16.5. The number of aryl methyl sites for hydroxylation is 1. The van der Waals surface area contributed by atoms with Crippen LogP contribution in [0.5, 0.6) is 11.5 Å². The Hall–Kier alpha value is -3.56. The van der Waals surface area contributed by atoms with Crippen molar-refractivity contribution in [3.8, 4) is 22.1 Å². The smallest absolute Gasteiger partial charge is 0.314 e. The number of primary amides is 1. The van der Waals surface area contributed by atoms with Crippen LogP contribution in [-0.2, 0) is 6.54 Å². The van der Waals surface area contributed by atoms with Crippen molar-refractivity contribution in [1.82, 2.24) is 19.8 Å². The number of piperazine rings is 1. The third kappa shape index (κ3) is 4.71. The second-order valence-electron chi connectivity index (χ2n) is 8.32. The molecule has 0 atom stereocenters. The number of rotatable bonds is 5. The number of benzene rings is 1. The molecule has 174 valence electrons. The Bertz CT molecular complexity index is 1330. The lowest BCUT2D eigenvalue weighted by Gasteiger charge is -2.33. The zero-order valence-corrected chi connectivity index (χ0v) is 19.5. The van der Waals surface area contributed by atoms with Gasteiger partial charge in [-0.25, -0.2) is 9.18 Å². The fourth-order valence-corrected chi connectivity index (χ4v) is 5.02. The van der Waals surface area contributed by atoms with Crippen LogP contribution in [0.2, 0.25) is 0 Å². The largest absolute Gasteiger partial charge is 0.453 e. The summed E-state index contributed by atoms with van der Waals surface area (Å²) in [4.78, 5) is 25.3. The van der Waals surface area contributed by atoms with Gasteiger partial charge in [0.2, 0.25) is 0 Å².